The quantitative estimate of drug-likeness (QED) is 0.267. The second kappa shape index (κ2) is 12.9. The summed E-state index contributed by atoms with van der Waals surface area (Å²) in [7, 11) is 4.25. The van der Waals surface area contributed by atoms with Gasteiger partial charge in [0.05, 0.1) is 38.6 Å². The van der Waals surface area contributed by atoms with Crippen molar-refractivity contribution in [3.05, 3.63) is 88.2 Å². The van der Waals surface area contributed by atoms with Crippen LogP contribution >= 0.6 is 11.6 Å². The second-order valence-corrected chi connectivity index (χ2v) is 12.4. The number of hydrogen-bond donors (Lipinski definition) is 3. The van der Waals surface area contributed by atoms with Crippen molar-refractivity contribution in [2.75, 3.05) is 33.2 Å². The molecule has 0 bridgehead atoms. The number of hydrogen-bond acceptors (Lipinski definition) is 7. The van der Waals surface area contributed by atoms with Crippen molar-refractivity contribution in [3.63, 3.8) is 0 Å². The van der Waals surface area contributed by atoms with E-state index >= 15 is 4.39 Å². The highest BCUT2D eigenvalue weighted by Gasteiger charge is 2.59. The third-order valence-electron chi connectivity index (χ3n) is 8.12. The summed E-state index contributed by atoms with van der Waals surface area (Å²) in [6, 6.07) is 15.1. The van der Waals surface area contributed by atoms with E-state index in [0.717, 1.165) is 0 Å². The maximum Gasteiger partial charge on any atom is 0.337 e. The van der Waals surface area contributed by atoms with Gasteiger partial charge in [-0.1, -0.05) is 50.6 Å². The molecule has 3 aromatic rings. The van der Waals surface area contributed by atoms with Gasteiger partial charge in [0.25, 0.3) is 0 Å². The molecule has 1 fully saturated rings. The molecule has 0 radical (unpaired) electrons. The molecule has 0 aromatic heterocycles. The fourth-order valence-corrected chi connectivity index (χ4v) is 6.47. The van der Waals surface area contributed by atoms with Crippen molar-refractivity contribution < 1.29 is 28.2 Å². The molecule has 43 heavy (non-hydrogen) atoms. The Morgan fingerprint density at radius 3 is 2.37 bits per heavy atom. The van der Waals surface area contributed by atoms with Crippen molar-refractivity contribution in [1.82, 2.24) is 5.32 Å². The number of ether oxygens (including phenoxy) is 3. The van der Waals surface area contributed by atoms with Gasteiger partial charge in [0, 0.05) is 34.5 Å². The number of carbonyl (C=O) groups excluding carboxylic acids is 2. The van der Waals surface area contributed by atoms with Gasteiger partial charge < -0.3 is 30.6 Å². The minimum atomic E-state index is -1.10. The van der Waals surface area contributed by atoms with E-state index in [1.807, 2.05) is 12.1 Å². The third kappa shape index (κ3) is 6.34. The number of carbonyl (C=O) groups is 2. The zero-order chi connectivity index (χ0) is 31.5. The molecule has 1 saturated heterocycles. The molecule has 3 aromatic carbocycles. The van der Waals surface area contributed by atoms with E-state index in [1.165, 1.54) is 39.5 Å². The Morgan fingerprint density at radius 2 is 1.77 bits per heavy atom. The first-order valence-corrected chi connectivity index (χ1v) is 14.4. The molecule has 1 heterocycles. The summed E-state index contributed by atoms with van der Waals surface area (Å²) in [5.41, 5.74) is 7.00. The summed E-state index contributed by atoms with van der Waals surface area (Å²) in [5.74, 6) is -1.32. The largest absolute Gasteiger partial charge is 0.497 e. The highest BCUT2D eigenvalue weighted by molar-refractivity contribution is 6.31. The van der Waals surface area contributed by atoms with Gasteiger partial charge in [-0.15, -0.1) is 0 Å². The van der Waals surface area contributed by atoms with Crippen molar-refractivity contribution in [1.29, 1.82) is 0 Å². The number of rotatable bonds is 9. The van der Waals surface area contributed by atoms with E-state index in [0.29, 0.717) is 34.0 Å². The topological polar surface area (TPSA) is 112 Å². The molecule has 0 spiro atoms. The summed E-state index contributed by atoms with van der Waals surface area (Å²) in [6.07, 6.45) is 0.572. The van der Waals surface area contributed by atoms with Gasteiger partial charge in [-0.2, -0.15) is 0 Å². The van der Waals surface area contributed by atoms with Gasteiger partial charge in [0.1, 0.15) is 17.3 Å². The predicted octanol–water partition coefficient (Wildman–Crippen LogP) is 5.68. The lowest BCUT2D eigenvalue weighted by Crippen LogP contribution is -2.50. The normalized spacial score (nSPS) is 21.7. The first-order valence-electron chi connectivity index (χ1n) is 14.0. The number of nitrogens with one attached hydrogen (secondary N) is 2. The monoisotopic (exact) mass is 611 g/mol. The lowest BCUT2D eigenvalue weighted by Gasteiger charge is -2.42. The van der Waals surface area contributed by atoms with E-state index in [4.69, 9.17) is 31.5 Å². The van der Waals surface area contributed by atoms with Crippen LogP contribution in [-0.4, -0.2) is 51.8 Å². The van der Waals surface area contributed by atoms with Crippen LogP contribution in [-0.2, 0) is 14.9 Å². The third-order valence-corrected chi connectivity index (χ3v) is 8.47. The Hall–Kier alpha value is -3.66. The molecule has 4 atom stereocenters. The van der Waals surface area contributed by atoms with Crippen molar-refractivity contribution in [2.24, 2.45) is 11.1 Å². The van der Waals surface area contributed by atoms with E-state index < -0.39 is 41.1 Å². The summed E-state index contributed by atoms with van der Waals surface area (Å²) >= 11 is 6.81. The van der Waals surface area contributed by atoms with Gasteiger partial charge in [-0.05, 0) is 59.9 Å². The number of halogens is 2. The molecular weight excluding hydrogens is 573 g/mol. The molecule has 1 amide bonds. The van der Waals surface area contributed by atoms with Crippen molar-refractivity contribution in [3.8, 4) is 11.5 Å². The molecule has 4 rings (SSSR count). The minimum Gasteiger partial charge on any atom is -0.497 e. The van der Waals surface area contributed by atoms with Crippen molar-refractivity contribution in [2.45, 2.75) is 50.6 Å². The summed E-state index contributed by atoms with van der Waals surface area (Å²) < 4.78 is 31.8. The molecule has 0 unspecified atom stereocenters. The number of anilines is 1. The van der Waals surface area contributed by atoms with Gasteiger partial charge >= 0.3 is 5.97 Å². The van der Waals surface area contributed by atoms with Crippen LogP contribution in [0, 0.1) is 11.2 Å². The van der Waals surface area contributed by atoms with Crippen LogP contribution in [0.15, 0.2) is 60.7 Å². The molecule has 1 aliphatic heterocycles. The van der Waals surface area contributed by atoms with Crippen LogP contribution in [0.3, 0.4) is 0 Å². The zero-order valence-corrected chi connectivity index (χ0v) is 26.1. The average molecular weight is 612 g/mol. The van der Waals surface area contributed by atoms with Crippen LogP contribution in [0.4, 0.5) is 10.1 Å². The van der Waals surface area contributed by atoms with Crippen LogP contribution in [0.1, 0.15) is 54.6 Å². The maximum atomic E-state index is 16.0. The Labute approximate surface area is 257 Å². The highest BCUT2D eigenvalue weighted by Crippen LogP contribution is 2.53. The smallest absolute Gasteiger partial charge is 0.337 e. The lowest BCUT2D eigenvalue weighted by atomic mass is 9.62. The van der Waals surface area contributed by atoms with E-state index in [9.17, 15) is 9.59 Å². The summed E-state index contributed by atoms with van der Waals surface area (Å²) in [5, 5.41) is 6.95. The Balaban J connectivity index is 1.91. The summed E-state index contributed by atoms with van der Waals surface area (Å²) in [4.78, 5) is 26.4. The Morgan fingerprint density at radius 1 is 1.05 bits per heavy atom. The zero-order valence-electron chi connectivity index (χ0n) is 25.3. The minimum absolute atomic E-state index is 0.0155. The molecule has 4 N–H and O–H groups in total. The first kappa shape index (κ1) is 32.3. The highest BCUT2D eigenvalue weighted by atomic mass is 35.5. The molecule has 10 heteroatoms. The first-order chi connectivity index (χ1) is 20.4. The van der Waals surface area contributed by atoms with Crippen LogP contribution in [0.5, 0.6) is 11.5 Å². The lowest BCUT2D eigenvalue weighted by molar-refractivity contribution is -0.118. The number of esters is 1. The summed E-state index contributed by atoms with van der Waals surface area (Å²) in [6.45, 7) is 6.28. The number of methoxy groups -OCH3 is 3. The molecular formula is C33H39ClFN3O5. The fraction of sp³-hybridized carbons (Fsp3) is 0.394. The molecule has 1 aliphatic rings. The van der Waals surface area contributed by atoms with Crippen LogP contribution in [0.25, 0.3) is 0 Å². The van der Waals surface area contributed by atoms with Gasteiger partial charge in [-0.3, -0.25) is 4.79 Å². The fourth-order valence-electron chi connectivity index (χ4n) is 6.21. The Bertz CT molecular complexity index is 1490. The molecule has 0 aliphatic carbocycles. The van der Waals surface area contributed by atoms with E-state index in [-0.39, 0.29) is 23.3 Å². The number of amides is 1. The molecule has 0 saturated carbocycles. The standard InChI is InChI=1S/C33H39ClFN3O5/c1-32(2,3)17-27-33(18-36,22-16-20(41-4)12-13-24(22)35)28(21-9-7-8-10-23(21)34)29(38-27)30(39)37-25-14-11-19(31(40)43-6)15-26(25)42-5/h7-16,27-29,38H,17-18,36H2,1-6H3,(H,37,39)/t27-,28-,29+,33-/m0/s1. The van der Waals surface area contributed by atoms with Gasteiger partial charge in [-0.25, -0.2) is 9.18 Å². The number of benzene rings is 3. The molecule has 230 valence electrons. The number of nitrogens with two attached hydrogens (primary N) is 1. The van der Waals surface area contributed by atoms with Crippen LogP contribution < -0.4 is 25.8 Å². The average Bonchev–Trinajstić information content (AvgIpc) is 3.30. The van der Waals surface area contributed by atoms with E-state index in [2.05, 4.69) is 31.4 Å². The molecule has 8 nitrogen and oxygen atoms in total. The van der Waals surface area contributed by atoms with Gasteiger partial charge in [0.15, 0.2) is 0 Å². The second-order valence-electron chi connectivity index (χ2n) is 11.9. The van der Waals surface area contributed by atoms with Crippen molar-refractivity contribution >= 4 is 29.2 Å². The van der Waals surface area contributed by atoms with Crippen LogP contribution in [0.2, 0.25) is 5.02 Å². The predicted molar refractivity (Wildman–Crippen MR) is 166 cm³/mol. The van der Waals surface area contributed by atoms with Gasteiger partial charge in [0.2, 0.25) is 5.91 Å². The SMILES string of the molecule is COC(=O)c1ccc(NC(=O)[C@@H]2N[C@@H](CC(C)(C)C)[C@](CN)(c3cc(OC)ccc3F)[C@H]2c2ccccc2Cl)c(OC)c1. The maximum absolute atomic E-state index is 16.0. The van der Waals surface area contributed by atoms with E-state index in [1.54, 1.807) is 30.3 Å². The Kier molecular flexibility index (Phi) is 9.69.